The highest BCUT2D eigenvalue weighted by molar-refractivity contribution is 5.94. The number of nitrogens with zero attached hydrogens (tertiary/aromatic N) is 1. The smallest absolute Gasteiger partial charge is 0.253 e. The van der Waals surface area contributed by atoms with Crippen molar-refractivity contribution in [3.63, 3.8) is 0 Å². The van der Waals surface area contributed by atoms with Gasteiger partial charge in [-0.2, -0.15) is 0 Å². The van der Waals surface area contributed by atoms with Crippen molar-refractivity contribution in [2.75, 3.05) is 25.5 Å². The van der Waals surface area contributed by atoms with E-state index in [0.717, 1.165) is 16.8 Å². The molecule has 1 heterocycles. The van der Waals surface area contributed by atoms with Crippen molar-refractivity contribution >= 4 is 11.6 Å². The van der Waals surface area contributed by atoms with E-state index in [1.807, 2.05) is 19.2 Å². The Balaban J connectivity index is 1.71. The molecule has 0 spiro atoms. The van der Waals surface area contributed by atoms with E-state index in [1.165, 1.54) is 12.1 Å². The molecule has 0 aromatic heterocycles. The Labute approximate surface area is 147 Å². The summed E-state index contributed by atoms with van der Waals surface area (Å²) in [6.07, 6.45) is 0.889. The Hall–Kier alpha value is -2.40. The molecule has 2 N–H and O–H groups in total. The van der Waals surface area contributed by atoms with Gasteiger partial charge in [-0.25, -0.2) is 4.39 Å². The summed E-state index contributed by atoms with van der Waals surface area (Å²) in [5.41, 5.74) is 2.08. The molecule has 4 nitrogen and oxygen atoms in total. The highest BCUT2D eigenvalue weighted by Crippen LogP contribution is 2.35. The highest BCUT2D eigenvalue weighted by atomic mass is 19.1. The number of carbonyl (C=O) groups excluding carboxylic acids is 1. The van der Waals surface area contributed by atoms with Crippen LogP contribution < -0.4 is 5.32 Å². The molecule has 5 heteroatoms. The third kappa shape index (κ3) is 3.51. The average molecular weight is 342 g/mol. The minimum absolute atomic E-state index is 0.0273. The van der Waals surface area contributed by atoms with E-state index in [0.29, 0.717) is 31.5 Å². The lowest BCUT2D eigenvalue weighted by atomic mass is 9.82. The summed E-state index contributed by atoms with van der Waals surface area (Å²) >= 11 is 0. The van der Waals surface area contributed by atoms with Crippen LogP contribution in [0.1, 0.15) is 34.3 Å². The molecule has 1 amide bonds. The molecule has 132 valence electrons. The van der Waals surface area contributed by atoms with Crippen molar-refractivity contribution in [2.24, 2.45) is 0 Å². The fourth-order valence-electron chi connectivity index (χ4n) is 3.46. The number of amides is 1. The Morgan fingerprint density at radius 3 is 2.36 bits per heavy atom. The van der Waals surface area contributed by atoms with Crippen LogP contribution in [0.15, 0.2) is 42.5 Å². The fraction of sp³-hybridized carbons (Fsp3) is 0.350. The number of hydrogen-bond donors (Lipinski definition) is 2. The zero-order chi connectivity index (χ0) is 18.0. The van der Waals surface area contributed by atoms with Gasteiger partial charge < -0.3 is 15.3 Å². The number of piperidine rings is 1. The minimum atomic E-state index is -1.01. The molecule has 0 unspecified atom stereocenters. The van der Waals surface area contributed by atoms with Gasteiger partial charge in [0.2, 0.25) is 0 Å². The molecule has 1 aliphatic rings. The summed E-state index contributed by atoms with van der Waals surface area (Å²) in [5.74, 6) is -0.331. The maximum atomic E-state index is 13.3. The third-order valence-corrected chi connectivity index (χ3v) is 4.99. The van der Waals surface area contributed by atoms with Crippen LogP contribution in [0.4, 0.5) is 10.1 Å². The van der Waals surface area contributed by atoms with Crippen molar-refractivity contribution in [1.82, 2.24) is 4.90 Å². The molecule has 2 aromatic rings. The summed E-state index contributed by atoms with van der Waals surface area (Å²) in [5, 5.41) is 14.0. The quantitative estimate of drug-likeness (QED) is 0.900. The summed E-state index contributed by atoms with van der Waals surface area (Å²) in [6.45, 7) is 2.75. The SMILES string of the molecule is CNc1ccc(C(=O)N2CCC(O)(c3ccc(F)cc3C)CC2)cc1. The zero-order valence-electron chi connectivity index (χ0n) is 14.6. The molecule has 1 aliphatic heterocycles. The number of likely N-dealkylation sites (tertiary alicyclic amines) is 1. The van der Waals surface area contributed by atoms with E-state index < -0.39 is 5.60 Å². The monoisotopic (exact) mass is 342 g/mol. The molecular weight excluding hydrogens is 319 g/mol. The van der Waals surface area contributed by atoms with Gasteiger partial charge in [0.1, 0.15) is 5.82 Å². The van der Waals surface area contributed by atoms with Gasteiger partial charge in [-0.05, 0) is 67.3 Å². The molecule has 1 saturated heterocycles. The Bertz CT molecular complexity index is 766. The first-order valence-corrected chi connectivity index (χ1v) is 8.49. The molecule has 3 rings (SSSR count). The lowest BCUT2D eigenvalue weighted by Crippen LogP contribution is -2.45. The van der Waals surface area contributed by atoms with Crippen molar-refractivity contribution in [1.29, 1.82) is 0 Å². The fourth-order valence-corrected chi connectivity index (χ4v) is 3.46. The van der Waals surface area contributed by atoms with Crippen LogP contribution in [-0.2, 0) is 5.60 Å². The van der Waals surface area contributed by atoms with Gasteiger partial charge in [-0.3, -0.25) is 4.79 Å². The standard InChI is InChI=1S/C20H23FN2O2/c1-14-13-16(21)5-8-18(14)20(25)9-11-23(12-10-20)19(24)15-3-6-17(22-2)7-4-15/h3-8,13,22,25H,9-12H2,1-2H3. The second-order valence-corrected chi connectivity index (χ2v) is 6.61. The van der Waals surface area contributed by atoms with Gasteiger partial charge >= 0.3 is 0 Å². The Kier molecular flexibility index (Phi) is 4.77. The Morgan fingerprint density at radius 2 is 1.80 bits per heavy atom. The van der Waals surface area contributed by atoms with Gasteiger partial charge in [0.05, 0.1) is 5.60 Å². The number of aliphatic hydroxyl groups is 1. The Morgan fingerprint density at radius 1 is 1.16 bits per heavy atom. The summed E-state index contributed by atoms with van der Waals surface area (Å²) in [7, 11) is 1.83. The maximum absolute atomic E-state index is 13.3. The second-order valence-electron chi connectivity index (χ2n) is 6.61. The molecule has 25 heavy (non-hydrogen) atoms. The van der Waals surface area contributed by atoms with E-state index in [-0.39, 0.29) is 11.7 Å². The molecule has 0 saturated carbocycles. The summed E-state index contributed by atoms with van der Waals surface area (Å²) < 4.78 is 13.3. The predicted octanol–water partition coefficient (Wildman–Crippen LogP) is 3.30. The van der Waals surface area contributed by atoms with Gasteiger partial charge in [0, 0.05) is 31.4 Å². The lowest BCUT2D eigenvalue weighted by molar-refractivity contribution is -0.0216. The van der Waals surface area contributed by atoms with Crippen LogP contribution in [-0.4, -0.2) is 36.1 Å². The van der Waals surface area contributed by atoms with Crippen LogP contribution in [0.2, 0.25) is 0 Å². The maximum Gasteiger partial charge on any atom is 0.253 e. The van der Waals surface area contributed by atoms with Crippen LogP contribution in [0.25, 0.3) is 0 Å². The number of anilines is 1. The molecule has 0 radical (unpaired) electrons. The highest BCUT2D eigenvalue weighted by Gasteiger charge is 2.36. The normalized spacial score (nSPS) is 16.6. The first-order valence-electron chi connectivity index (χ1n) is 8.49. The van der Waals surface area contributed by atoms with Crippen LogP contribution >= 0.6 is 0 Å². The van der Waals surface area contributed by atoms with Gasteiger partial charge in [-0.15, -0.1) is 0 Å². The molecule has 1 fully saturated rings. The molecule has 0 bridgehead atoms. The minimum Gasteiger partial charge on any atom is -0.388 e. The molecule has 0 aliphatic carbocycles. The van der Waals surface area contributed by atoms with Gasteiger partial charge in [-0.1, -0.05) is 6.07 Å². The van der Waals surface area contributed by atoms with Crippen molar-refractivity contribution in [3.05, 3.63) is 65.0 Å². The number of halogens is 1. The van der Waals surface area contributed by atoms with Crippen molar-refractivity contribution < 1.29 is 14.3 Å². The van der Waals surface area contributed by atoms with E-state index >= 15 is 0 Å². The van der Waals surface area contributed by atoms with E-state index in [1.54, 1.807) is 30.0 Å². The largest absolute Gasteiger partial charge is 0.388 e. The van der Waals surface area contributed by atoms with Crippen LogP contribution in [0, 0.1) is 12.7 Å². The summed E-state index contributed by atoms with van der Waals surface area (Å²) in [4.78, 5) is 14.4. The zero-order valence-corrected chi connectivity index (χ0v) is 14.6. The number of hydrogen-bond acceptors (Lipinski definition) is 3. The van der Waals surface area contributed by atoms with Crippen LogP contribution in [0.5, 0.6) is 0 Å². The topological polar surface area (TPSA) is 52.6 Å². The van der Waals surface area contributed by atoms with Gasteiger partial charge in [0.25, 0.3) is 5.91 Å². The van der Waals surface area contributed by atoms with Crippen molar-refractivity contribution in [2.45, 2.75) is 25.4 Å². The first-order chi connectivity index (χ1) is 11.9. The first kappa shape index (κ1) is 17.4. The molecule has 0 atom stereocenters. The number of nitrogens with one attached hydrogen (secondary N) is 1. The van der Waals surface area contributed by atoms with E-state index in [4.69, 9.17) is 0 Å². The predicted molar refractivity (Wildman–Crippen MR) is 96.2 cm³/mol. The number of carbonyl (C=O) groups is 1. The van der Waals surface area contributed by atoms with Gasteiger partial charge in [0.15, 0.2) is 0 Å². The summed E-state index contributed by atoms with van der Waals surface area (Å²) in [6, 6.07) is 11.8. The second kappa shape index (κ2) is 6.84. The van der Waals surface area contributed by atoms with E-state index in [2.05, 4.69) is 5.32 Å². The number of benzene rings is 2. The lowest BCUT2D eigenvalue weighted by Gasteiger charge is -2.39. The van der Waals surface area contributed by atoms with Crippen LogP contribution in [0.3, 0.4) is 0 Å². The molecular formula is C20H23FN2O2. The third-order valence-electron chi connectivity index (χ3n) is 4.99. The van der Waals surface area contributed by atoms with E-state index in [9.17, 15) is 14.3 Å². The van der Waals surface area contributed by atoms with Crippen molar-refractivity contribution in [3.8, 4) is 0 Å². The number of rotatable bonds is 3. The molecule has 2 aromatic carbocycles. The average Bonchev–Trinajstić information content (AvgIpc) is 2.61. The number of aryl methyl sites for hydroxylation is 1.